The fourth-order valence-electron chi connectivity index (χ4n) is 8.69. The number of hydrogen-bond donors (Lipinski definition) is 3. The molecule has 0 saturated carbocycles. The fraction of sp³-hybridized carbons (Fsp3) is 0.895. The van der Waals surface area contributed by atoms with Crippen LogP contribution in [0.25, 0.3) is 0 Å². The molecule has 0 fully saturated rings. The first-order valence-electron chi connectivity index (χ1n) is 28.1. The molecule has 0 aliphatic carbocycles. The van der Waals surface area contributed by atoms with Gasteiger partial charge in [-0.1, -0.05) is 269 Å². The highest BCUT2D eigenvalue weighted by Crippen LogP contribution is 2.17. The maximum Gasteiger partial charge on any atom is 0.305 e. The third-order valence-corrected chi connectivity index (χ3v) is 13.0. The summed E-state index contributed by atoms with van der Waals surface area (Å²) in [5.74, 6) is -0.127. The molecule has 1 amide bonds. The molecule has 0 rings (SSSR count). The lowest BCUT2D eigenvalue weighted by atomic mass is 10.0. The standard InChI is InChI=1S/C57H109NO5/c1-3-5-7-9-11-13-15-17-19-21-22-25-29-33-37-41-45-49-55(60)54(53-59)58-56(61)50-46-42-38-34-30-26-24-28-32-36-40-44-48-52-63-57(62)51-47-43-39-35-31-27-23-20-18-16-14-12-10-8-6-4-2/h26,30,38,42,54-55,59-60H,3-25,27-29,31-37,39-41,43-53H2,1-2H3,(H,58,61)/b30-26-,42-38-. The molecule has 0 saturated heterocycles. The number of ether oxygens (including phenoxy) is 1. The summed E-state index contributed by atoms with van der Waals surface area (Å²) in [7, 11) is 0. The highest BCUT2D eigenvalue weighted by molar-refractivity contribution is 5.76. The minimum Gasteiger partial charge on any atom is -0.466 e. The van der Waals surface area contributed by atoms with Crippen molar-refractivity contribution in [2.45, 2.75) is 315 Å². The Balaban J connectivity index is 3.52. The monoisotopic (exact) mass is 888 g/mol. The number of nitrogens with one attached hydrogen (secondary N) is 1. The maximum absolute atomic E-state index is 12.4. The largest absolute Gasteiger partial charge is 0.466 e. The molecule has 0 aromatic rings. The summed E-state index contributed by atoms with van der Waals surface area (Å²) in [6.07, 6.45) is 63.2. The summed E-state index contributed by atoms with van der Waals surface area (Å²) >= 11 is 0. The summed E-state index contributed by atoms with van der Waals surface area (Å²) in [5, 5.41) is 23.2. The molecule has 0 heterocycles. The van der Waals surface area contributed by atoms with E-state index in [1.54, 1.807) is 0 Å². The number of aliphatic hydroxyl groups is 2. The first-order valence-corrected chi connectivity index (χ1v) is 28.1. The number of carbonyl (C=O) groups excluding carboxylic acids is 2. The van der Waals surface area contributed by atoms with Gasteiger partial charge in [0.25, 0.3) is 0 Å². The Kier molecular flexibility index (Phi) is 51.6. The molecule has 0 aliphatic rings. The number of hydrogen-bond acceptors (Lipinski definition) is 5. The molecule has 63 heavy (non-hydrogen) atoms. The normalized spacial score (nSPS) is 12.8. The number of carbonyl (C=O) groups is 2. The van der Waals surface area contributed by atoms with E-state index in [1.165, 1.54) is 212 Å². The van der Waals surface area contributed by atoms with Crippen molar-refractivity contribution in [1.82, 2.24) is 5.32 Å². The van der Waals surface area contributed by atoms with Crippen molar-refractivity contribution in [3.8, 4) is 0 Å². The lowest BCUT2D eigenvalue weighted by Crippen LogP contribution is -2.45. The van der Waals surface area contributed by atoms with Gasteiger partial charge in [-0.25, -0.2) is 0 Å². The zero-order valence-corrected chi connectivity index (χ0v) is 42.3. The van der Waals surface area contributed by atoms with Crippen LogP contribution in [0.3, 0.4) is 0 Å². The van der Waals surface area contributed by atoms with E-state index in [0.29, 0.717) is 32.3 Å². The lowest BCUT2D eigenvalue weighted by molar-refractivity contribution is -0.143. The van der Waals surface area contributed by atoms with Gasteiger partial charge in [0.15, 0.2) is 0 Å². The zero-order valence-electron chi connectivity index (χ0n) is 42.3. The first kappa shape index (κ1) is 61.3. The van der Waals surface area contributed by atoms with Crippen molar-refractivity contribution >= 4 is 11.9 Å². The minimum absolute atomic E-state index is 0.0132. The highest BCUT2D eigenvalue weighted by atomic mass is 16.5. The van der Waals surface area contributed by atoms with Crippen molar-refractivity contribution in [2.75, 3.05) is 13.2 Å². The van der Waals surface area contributed by atoms with Crippen molar-refractivity contribution < 1.29 is 24.5 Å². The molecule has 372 valence electrons. The van der Waals surface area contributed by atoms with Crippen LogP contribution in [0.5, 0.6) is 0 Å². The maximum atomic E-state index is 12.4. The van der Waals surface area contributed by atoms with Crippen molar-refractivity contribution in [3.05, 3.63) is 24.3 Å². The van der Waals surface area contributed by atoms with Gasteiger partial charge in [0.2, 0.25) is 5.91 Å². The SMILES string of the molecule is CCCCCCCCCCCCCCCCCCCC(O)C(CO)NC(=O)CC/C=C\C/C=C\CCCCCCCCOC(=O)CCCCCCCCCCCCCCCCCC. The average molecular weight is 889 g/mol. The average Bonchev–Trinajstić information content (AvgIpc) is 3.28. The fourth-order valence-corrected chi connectivity index (χ4v) is 8.69. The second-order valence-electron chi connectivity index (χ2n) is 19.3. The van der Waals surface area contributed by atoms with Crippen LogP contribution in [0.15, 0.2) is 24.3 Å². The molecule has 6 heteroatoms. The molecular weight excluding hydrogens is 779 g/mol. The van der Waals surface area contributed by atoms with Crippen molar-refractivity contribution in [2.24, 2.45) is 0 Å². The van der Waals surface area contributed by atoms with E-state index in [9.17, 15) is 19.8 Å². The van der Waals surface area contributed by atoms with E-state index in [1.807, 2.05) is 6.08 Å². The first-order chi connectivity index (χ1) is 31.0. The van der Waals surface area contributed by atoms with E-state index >= 15 is 0 Å². The van der Waals surface area contributed by atoms with Gasteiger partial charge in [-0.2, -0.15) is 0 Å². The van der Waals surface area contributed by atoms with E-state index in [4.69, 9.17) is 4.74 Å². The molecule has 0 aromatic carbocycles. The Labute approximate surface area is 392 Å². The van der Waals surface area contributed by atoms with Gasteiger partial charge >= 0.3 is 5.97 Å². The Morgan fingerprint density at radius 2 is 0.810 bits per heavy atom. The van der Waals surface area contributed by atoms with E-state index < -0.39 is 12.1 Å². The van der Waals surface area contributed by atoms with E-state index in [-0.39, 0.29) is 18.5 Å². The van der Waals surface area contributed by atoms with Gasteiger partial charge in [-0.15, -0.1) is 0 Å². The van der Waals surface area contributed by atoms with Crippen LogP contribution in [0.2, 0.25) is 0 Å². The molecule has 0 spiro atoms. The van der Waals surface area contributed by atoms with Crippen LogP contribution in [-0.4, -0.2) is 47.4 Å². The second-order valence-corrected chi connectivity index (χ2v) is 19.3. The smallest absolute Gasteiger partial charge is 0.305 e. The van der Waals surface area contributed by atoms with Crippen LogP contribution in [-0.2, 0) is 14.3 Å². The number of allylic oxidation sites excluding steroid dienone is 4. The third kappa shape index (κ3) is 49.6. The Morgan fingerprint density at radius 1 is 0.444 bits per heavy atom. The quantitative estimate of drug-likeness (QED) is 0.0321. The Hall–Kier alpha value is -1.66. The number of esters is 1. The molecular formula is C57H109NO5. The van der Waals surface area contributed by atoms with Gasteiger partial charge in [0.1, 0.15) is 0 Å². The van der Waals surface area contributed by atoms with Crippen molar-refractivity contribution in [1.29, 1.82) is 0 Å². The topological polar surface area (TPSA) is 95.9 Å². The van der Waals surface area contributed by atoms with E-state index in [0.717, 1.165) is 51.4 Å². The third-order valence-electron chi connectivity index (χ3n) is 13.0. The molecule has 0 aromatic heterocycles. The van der Waals surface area contributed by atoms with Crippen LogP contribution in [0.4, 0.5) is 0 Å². The summed E-state index contributed by atoms with van der Waals surface area (Å²) in [5.41, 5.74) is 0. The second kappa shape index (κ2) is 53.0. The van der Waals surface area contributed by atoms with Gasteiger partial charge in [0, 0.05) is 12.8 Å². The number of rotatable bonds is 52. The summed E-state index contributed by atoms with van der Waals surface area (Å²) in [6.45, 7) is 4.91. The number of amides is 1. The molecule has 3 N–H and O–H groups in total. The van der Waals surface area contributed by atoms with Crippen molar-refractivity contribution in [3.63, 3.8) is 0 Å². The van der Waals surface area contributed by atoms with Crippen LogP contribution in [0.1, 0.15) is 303 Å². The molecule has 2 unspecified atom stereocenters. The zero-order chi connectivity index (χ0) is 45.8. The highest BCUT2D eigenvalue weighted by Gasteiger charge is 2.19. The van der Waals surface area contributed by atoms with Crippen LogP contribution >= 0.6 is 0 Å². The molecule has 0 bridgehead atoms. The van der Waals surface area contributed by atoms with Crippen LogP contribution in [0, 0.1) is 0 Å². The van der Waals surface area contributed by atoms with Crippen LogP contribution < -0.4 is 5.32 Å². The number of unbranched alkanes of at least 4 members (excludes halogenated alkanes) is 37. The number of aliphatic hydroxyl groups excluding tert-OH is 2. The molecule has 6 nitrogen and oxygen atoms in total. The lowest BCUT2D eigenvalue weighted by Gasteiger charge is -2.22. The van der Waals surface area contributed by atoms with Gasteiger partial charge in [0.05, 0.1) is 25.4 Å². The summed E-state index contributed by atoms with van der Waals surface area (Å²) in [6, 6.07) is -0.585. The van der Waals surface area contributed by atoms with Gasteiger partial charge in [-0.05, 0) is 44.9 Å². The van der Waals surface area contributed by atoms with Gasteiger partial charge < -0.3 is 20.3 Å². The minimum atomic E-state index is -0.698. The Bertz CT molecular complexity index is 982. The van der Waals surface area contributed by atoms with Gasteiger partial charge in [-0.3, -0.25) is 9.59 Å². The molecule has 0 aliphatic heterocycles. The van der Waals surface area contributed by atoms with E-state index in [2.05, 4.69) is 37.4 Å². The summed E-state index contributed by atoms with van der Waals surface area (Å²) in [4.78, 5) is 24.5. The molecule has 2 atom stereocenters. The molecule has 0 radical (unpaired) electrons. The predicted octanol–water partition coefficient (Wildman–Crippen LogP) is 17.1. The predicted molar refractivity (Wildman–Crippen MR) is 273 cm³/mol. The summed E-state index contributed by atoms with van der Waals surface area (Å²) < 4.78 is 5.46. The Morgan fingerprint density at radius 3 is 1.24 bits per heavy atom.